The first-order chi connectivity index (χ1) is 13.4. The van der Waals surface area contributed by atoms with Gasteiger partial charge in [-0.05, 0) is 57.0 Å². The molecular formula is C22H27NO6. The van der Waals surface area contributed by atoms with E-state index in [-0.39, 0.29) is 23.3 Å². The Morgan fingerprint density at radius 2 is 1.83 bits per heavy atom. The Labute approximate surface area is 169 Å². The van der Waals surface area contributed by atoms with Crippen molar-refractivity contribution >= 4 is 11.7 Å². The molecule has 1 heterocycles. The monoisotopic (exact) mass is 401 g/mol. The summed E-state index contributed by atoms with van der Waals surface area (Å²) < 4.78 is 0. The molecule has 7 heteroatoms. The van der Waals surface area contributed by atoms with Crippen LogP contribution in [0.4, 0.5) is 0 Å². The van der Waals surface area contributed by atoms with Crippen molar-refractivity contribution in [1.29, 1.82) is 0 Å². The lowest BCUT2D eigenvalue weighted by Gasteiger charge is -2.23. The molecule has 3 unspecified atom stereocenters. The minimum Gasteiger partial charge on any atom is -0.508 e. The highest BCUT2D eigenvalue weighted by Crippen LogP contribution is 2.23. The number of aliphatic hydroxyl groups is 3. The summed E-state index contributed by atoms with van der Waals surface area (Å²) in [6.07, 6.45) is 2.19. The Morgan fingerprint density at radius 3 is 2.38 bits per heavy atom. The van der Waals surface area contributed by atoms with Gasteiger partial charge in [-0.25, -0.2) is 0 Å². The number of allylic oxidation sites excluding steroid dienone is 3. The predicted molar refractivity (Wildman–Crippen MR) is 108 cm³/mol. The van der Waals surface area contributed by atoms with Crippen molar-refractivity contribution in [3.63, 3.8) is 0 Å². The highest BCUT2D eigenvalue weighted by Gasteiger charge is 2.38. The Bertz CT molecular complexity index is 890. The second-order valence-electron chi connectivity index (χ2n) is 7.60. The van der Waals surface area contributed by atoms with E-state index in [1.807, 2.05) is 0 Å². The average Bonchev–Trinajstić information content (AvgIpc) is 2.89. The van der Waals surface area contributed by atoms with Gasteiger partial charge in [0.2, 0.25) is 0 Å². The Balaban J connectivity index is 2.26. The largest absolute Gasteiger partial charge is 0.508 e. The molecule has 156 valence electrons. The highest BCUT2D eigenvalue weighted by molar-refractivity contribution is 6.27. The van der Waals surface area contributed by atoms with Crippen LogP contribution in [0, 0.1) is 0 Å². The van der Waals surface area contributed by atoms with E-state index in [1.165, 1.54) is 38.1 Å². The number of aromatic hydroxyl groups is 1. The second-order valence-corrected chi connectivity index (χ2v) is 7.60. The zero-order valence-electron chi connectivity index (χ0n) is 16.9. The van der Waals surface area contributed by atoms with Crippen LogP contribution in [0.3, 0.4) is 0 Å². The summed E-state index contributed by atoms with van der Waals surface area (Å²) in [4.78, 5) is 25.0. The number of nitrogens with one attached hydrogen (secondary N) is 1. The average molecular weight is 401 g/mol. The zero-order chi connectivity index (χ0) is 21.9. The standard InChI is InChI=1S/C22H27NO6/c1-12(11-22(4,29)14(3)24)9-13(2)19(26)18-20(27)17(23-21(18)28)10-15-5-7-16(25)8-6-15/h5-9,11,14,17,24-26,29H,10H2,1-4H3,(H,23,28). The number of phenolic OH excluding ortho intramolecular Hbond substituents is 1. The Morgan fingerprint density at radius 1 is 1.24 bits per heavy atom. The number of aliphatic hydroxyl groups excluding tert-OH is 2. The van der Waals surface area contributed by atoms with Gasteiger partial charge in [-0.1, -0.05) is 23.8 Å². The lowest BCUT2D eigenvalue weighted by molar-refractivity contribution is -0.117. The number of ketones is 1. The molecule has 0 spiro atoms. The van der Waals surface area contributed by atoms with E-state index in [0.29, 0.717) is 5.57 Å². The Hall–Kier alpha value is -2.90. The molecule has 7 nitrogen and oxygen atoms in total. The van der Waals surface area contributed by atoms with Crippen LogP contribution in [-0.2, 0) is 16.0 Å². The van der Waals surface area contributed by atoms with Crippen LogP contribution >= 0.6 is 0 Å². The number of benzene rings is 1. The molecule has 1 aliphatic rings. The summed E-state index contributed by atoms with van der Waals surface area (Å²) in [6, 6.07) is 5.50. The van der Waals surface area contributed by atoms with Gasteiger partial charge in [0.05, 0.1) is 12.1 Å². The van der Waals surface area contributed by atoms with Gasteiger partial charge >= 0.3 is 0 Å². The van der Waals surface area contributed by atoms with Crippen LogP contribution in [0.5, 0.6) is 5.75 Å². The number of carbonyl (C=O) groups is 2. The van der Waals surface area contributed by atoms with Crippen molar-refractivity contribution in [2.75, 3.05) is 0 Å². The van der Waals surface area contributed by atoms with Crippen LogP contribution in [0.1, 0.15) is 33.3 Å². The first-order valence-electron chi connectivity index (χ1n) is 9.27. The number of rotatable bonds is 6. The molecule has 3 atom stereocenters. The summed E-state index contributed by atoms with van der Waals surface area (Å²) in [5.41, 5.74) is -0.179. The maximum Gasteiger partial charge on any atom is 0.259 e. The highest BCUT2D eigenvalue weighted by atomic mass is 16.3. The molecule has 1 aromatic rings. The fraction of sp³-hybridized carbons (Fsp3) is 0.364. The number of amides is 1. The van der Waals surface area contributed by atoms with E-state index in [1.54, 1.807) is 26.0 Å². The minimum absolute atomic E-state index is 0.104. The first kappa shape index (κ1) is 22.4. The molecule has 1 aromatic carbocycles. The van der Waals surface area contributed by atoms with E-state index in [2.05, 4.69) is 5.32 Å². The van der Waals surface area contributed by atoms with Gasteiger partial charge in [-0.3, -0.25) is 9.59 Å². The number of carbonyl (C=O) groups excluding carboxylic acids is 2. The molecule has 0 bridgehead atoms. The number of hydrogen-bond acceptors (Lipinski definition) is 6. The summed E-state index contributed by atoms with van der Waals surface area (Å²) in [5, 5.41) is 42.1. The summed E-state index contributed by atoms with van der Waals surface area (Å²) in [5.74, 6) is -1.48. The third kappa shape index (κ3) is 5.34. The molecule has 1 fully saturated rings. The third-order valence-electron chi connectivity index (χ3n) is 4.89. The van der Waals surface area contributed by atoms with Crippen molar-refractivity contribution in [1.82, 2.24) is 5.32 Å². The topological polar surface area (TPSA) is 127 Å². The summed E-state index contributed by atoms with van der Waals surface area (Å²) in [6.45, 7) is 6.12. The van der Waals surface area contributed by atoms with Gasteiger partial charge in [0.25, 0.3) is 5.91 Å². The van der Waals surface area contributed by atoms with Crippen LogP contribution in [-0.4, -0.2) is 49.9 Å². The predicted octanol–water partition coefficient (Wildman–Crippen LogP) is 1.84. The molecule has 1 saturated heterocycles. The maximum absolute atomic E-state index is 12.7. The summed E-state index contributed by atoms with van der Waals surface area (Å²) in [7, 11) is 0. The lowest BCUT2D eigenvalue weighted by Crippen LogP contribution is -2.34. The van der Waals surface area contributed by atoms with Crippen molar-refractivity contribution in [3.8, 4) is 5.75 Å². The molecule has 0 aromatic heterocycles. The van der Waals surface area contributed by atoms with Crippen LogP contribution in [0.2, 0.25) is 0 Å². The molecule has 0 aliphatic carbocycles. The smallest absolute Gasteiger partial charge is 0.259 e. The van der Waals surface area contributed by atoms with Crippen molar-refractivity contribution in [3.05, 3.63) is 64.5 Å². The maximum atomic E-state index is 12.7. The first-order valence-corrected chi connectivity index (χ1v) is 9.27. The van der Waals surface area contributed by atoms with E-state index in [9.17, 15) is 30.0 Å². The quantitative estimate of drug-likeness (QED) is 0.214. The van der Waals surface area contributed by atoms with Crippen molar-refractivity contribution in [2.24, 2.45) is 0 Å². The molecule has 2 rings (SSSR count). The molecule has 1 amide bonds. The third-order valence-corrected chi connectivity index (χ3v) is 4.89. The summed E-state index contributed by atoms with van der Waals surface area (Å²) >= 11 is 0. The number of Topliss-reactive ketones (excluding diaryl/α,β-unsaturated/α-hetero) is 1. The molecule has 0 saturated carbocycles. The van der Waals surface area contributed by atoms with Crippen LogP contribution < -0.4 is 5.32 Å². The molecule has 29 heavy (non-hydrogen) atoms. The van der Waals surface area contributed by atoms with Crippen molar-refractivity contribution < 1.29 is 30.0 Å². The second kappa shape index (κ2) is 8.63. The van der Waals surface area contributed by atoms with Gasteiger partial charge < -0.3 is 25.7 Å². The normalized spacial score (nSPS) is 22.9. The van der Waals surface area contributed by atoms with Crippen LogP contribution in [0.25, 0.3) is 0 Å². The van der Waals surface area contributed by atoms with Gasteiger partial charge in [0, 0.05) is 6.42 Å². The van der Waals surface area contributed by atoms with Gasteiger partial charge in [0.1, 0.15) is 22.7 Å². The van der Waals surface area contributed by atoms with E-state index in [4.69, 9.17) is 0 Å². The Kier molecular flexibility index (Phi) is 6.66. The fourth-order valence-electron chi connectivity index (χ4n) is 3.05. The van der Waals surface area contributed by atoms with Gasteiger partial charge in [-0.15, -0.1) is 0 Å². The molecular weight excluding hydrogens is 374 g/mol. The fourth-order valence-corrected chi connectivity index (χ4v) is 3.05. The minimum atomic E-state index is -1.46. The number of hydrogen-bond donors (Lipinski definition) is 5. The van der Waals surface area contributed by atoms with Crippen molar-refractivity contribution in [2.45, 2.75) is 51.9 Å². The van der Waals surface area contributed by atoms with Crippen LogP contribution in [0.15, 0.2) is 58.9 Å². The number of phenols is 1. The van der Waals surface area contributed by atoms with E-state index in [0.717, 1.165) is 5.56 Å². The van der Waals surface area contributed by atoms with Gasteiger partial charge in [-0.2, -0.15) is 0 Å². The molecule has 1 aliphatic heterocycles. The van der Waals surface area contributed by atoms with E-state index < -0.39 is 35.2 Å². The molecule has 0 radical (unpaired) electrons. The zero-order valence-corrected chi connectivity index (χ0v) is 16.9. The SMILES string of the molecule is CC(=CC(C)(O)C(C)O)C=C(C)C(O)=C1C(=O)NC(Cc2ccc(O)cc2)C1=O. The molecule has 5 N–H and O–H groups in total. The van der Waals surface area contributed by atoms with E-state index >= 15 is 0 Å². The van der Waals surface area contributed by atoms with Gasteiger partial charge in [0.15, 0.2) is 5.78 Å². The lowest BCUT2D eigenvalue weighted by atomic mass is 9.96.